The van der Waals surface area contributed by atoms with Crippen molar-refractivity contribution in [1.82, 2.24) is 10.2 Å². The Kier molecular flexibility index (Phi) is 6.86. The molecular formula is C23H32N4O3. The number of nitrogens with zero attached hydrogens (tertiary/aromatic N) is 3. The summed E-state index contributed by atoms with van der Waals surface area (Å²) in [6.45, 7) is 7.77. The number of piperidine rings is 2. The molecule has 7 nitrogen and oxygen atoms in total. The Labute approximate surface area is 179 Å². The van der Waals surface area contributed by atoms with Crippen molar-refractivity contribution >= 4 is 17.7 Å². The van der Waals surface area contributed by atoms with Crippen LogP contribution in [0.25, 0.3) is 0 Å². The molecule has 0 radical (unpaired) electrons. The predicted octanol–water partition coefficient (Wildman–Crippen LogP) is 3.43. The van der Waals surface area contributed by atoms with Crippen molar-refractivity contribution in [2.45, 2.75) is 70.6 Å². The van der Waals surface area contributed by atoms with Gasteiger partial charge in [-0.25, -0.2) is 4.79 Å². The lowest BCUT2D eigenvalue weighted by Crippen LogP contribution is -2.55. The van der Waals surface area contributed by atoms with Gasteiger partial charge in [0.15, 0.2) is 0 Å². The van der Waals surface area contributed by atoms with Crippen molar-refractivity contribution in [1.29, 1.82) is 5.26 Å². The van der Waals surface area contributed by atoms with Crippen molar-refractivity contribution in [2.75, 3.05) is 24.5 Å². The van der Waals surface area contributed by atoms with Crippen LogP contribution in [0.5, 0.6) is 0 Å². The summed E-state index contributed by atoms with van der Waals surface area (Å²) in [6, 6.07) is 9.39. The average Bonchev–Trinajstić information content (AvgIpc) is 2.73. The smallest absolute Gasteiger partial charge is 0.410 e. The van der Waals surface area contributed by atoms with E-state index in [2.05, 4.69) is 16.3 Å². The van der Waals surface area contributed by atoms with Crippen LogP contribution in [0.2, 0.25) is 0 Å². The van der Waals surface area contributed by atoms with E-state index in [4.69, 9.17) is 10.00 Å². The largest absolute Gasteiger partial charge is 0.444 e. The molecule has 0 bridgehead atoms. The number of amides is 2. The van der Waals surface area contributed by atoms with Crippen molar-refractivity contribution in [2.24, 2.45) is 0 Å². The van der Waals surface area contributed by atoms with E-state index in [1.54, 1.807) is 4.90 Å². The third-order valence-electron chi connectivity index (χ3n) is 5.64. The van der Waals surface area contributed by atoms with Gasteiger partial charge in [-0.3, -0.25) is 9.69 Å². The zero-order valence-corrected chi connectivity index (χ0v) is 18.2. The van der Waals surface area contributed by atoms with Crippen molar-refractivity contribution < 1.29 is 14.3 Å². The van der Waals surface area contributed by atoms with E-state index in [1.165, 1.54) is 0 Å². The second-order valence-electron chi connectivity index (χ2n) is 9.11. The van der Waals surface area contributed by atoms with Crippen LogP contribution in [-0.4, -0.2) is 54.2 Å². The lowest BCUT2D eigenvalue weighted by Gasteiger charge is -2.38. The van der Waals surface area contributed by atoms with Gasteiger partial charge in [0.25, 0.3) is 0 Å². The topological polar surface area (TPSA) is 85.7 Å². The van der Waals surface area contributed by atoms with E-state index in [0.29, 0.717) is 18.5 Å². The highest BCUT2D eigenvalue weighted by atomic mass is 16.6. The van der Waals surface area contributed by atoms with Crippen molar-refractivity contribution in [3.8, 4) is 6.07 Å². The molecule has 0 unspecified atom stereocenters. The molecule has 162 valence electrons. The molecule has 2 heterocycles. The standard InChI is InChI=1S/C23H32N4O3/c1-23(2,3)30-22(29)27-13-5-4-6-20(27)21(28)25-18-11-14-26(15-12-18)19-9-7-17(16-24)8-10-19/h7-10,18,20H,4-6,11-15H2,1-3H3,(H,25,28)/t20-/m1/s1. The van der Waals surface area contributed by atoms with Crippen LogP contribution in [0.4, 0.5) is 10.5 Å². The molecule has 0 aliphatic carbocycles. The number of ether oxygens (including phenoxy) is 1. The summed E-state index contributed by atoms with van der Waals surface area (Å²) in [5, 5.41) is 12.1. The van der Waals surface area contributed by atoms with E-state index in [1.807, 2.05) is 45.0 Å². The summed E-state index contributed by atoms with van der Waals surface area (Å²) in [5.41, 5.74) is 1.18. The first-order valence-electron chi connectivity index (χ1n) is 10.8. The monoisotopic (exact) mass is 412 g/mol. The van der Waals surface area contributed by atoms with E-state index in [9.17, 15) is 9.59 Å². The number of hydrogen-bond acceptors (Lipinski definition) is 5. The Morgan fingerprint density at radius 3 is 2.33 bits per heavy atom. The summed E-state index contributed by atoms with van der Waals surface area (Å²) in [7, 11) is 0. The van der Waals surface area contributed by atoms with Crippen LogP contribution in [0.3, 0.4) is 0 Å². The highest BCUT2D eigenvalue weighted by Gasteiger charge is 2.35. The highest BCUT2D eigenvalue weighted by molar-refractivity contribution is 5.86. The van der Waals surface area contributed by atoms with Crippen LogP contribution >= 0.6 is 0 Å². The first-order chi connectivity index (χ1) is 14.3. The Hall–Kier alpha value is -2.75. The molecule has 2 aliphatic rings. The van der Waals surface area contributed by atoms with Crippen LogP contribution in [0.1, 0.15) is 58.4 Å². The van der Waals surface area contributed by atoms with Gasteiger partial charge >= 0.3 is 6.09 Å². The molecule has 0 saturated carbocycles. The molecule has 0 aromatic heterocycles. The quantitative estimate of drug-likeness (QED) is 0.822. The molecule has 2 saturated heterocycles. The van der Waals surface area contributed by atoms with E-state index >= 15 is 0 Å². The maximum Gasteiger partial charge on any atom is 0.410 e. The number of nitrogens with one attached hydrogen (secondary N) is 1. The second-order valence-corrected chi connectivity index (χ2v) is 9.11. The van der Waals surface area contributed by atoms with Gasteiger partial charge in [-0.1, -0.05) is 0 Å². The number of nitriles is 1. The molecule has 1 aromatic carbocycles. The predicted molar refractivity (Wildman–Crippen MR) is 115 cm³/mol. The summed E-state index contributed by atoms with van der Waals surface area (Å²) >= 11 is 0. The van der Waals surface area contributed by atoms with Crippen LogP contribution in [0, 0.1) is 11.3 Å². The summed E-state index contributed by atoms with van der Waals surface area (Å²) in [4.78, 5) is 29.4. The lowest BCUT2D eigenvalue weighted by molar-refractivity contribution is -0.128. The molecule has 0 spiro atoms. The molecule has 7 heteroatoms. The molecule has 2 amide bonds. The number of carbonyl (C=O) groups excluding carboxylic acids is 2. The minimum atomic E-state index is -0.576. The molecule has 1 atom stereocenters. The van der Waals surface area contributed by atoms with Gasteiger partial charge < -0.3 is 15.0 Å². The third kappa shape index (κ3) is 5.65. The number of carbonyl (C=O) groups is 2. The minimum Gasteiger partial charge on any atom is -0.444 e. The summed E-state index contributed by atoms with van der Waals surface area (Å²) in [5.74, 6) is -0.0719. The molecule has 1 N–H and O–H groups in total. The van der Waals surface area contributed by atoms with Gasteiger partial charge in [-0.05, 0) is 77.1 Å². The zero-order chi connectivity index (χ0) is 21.7. The molecular weight excluding hydrogens is 380 g/mol. The first kappa shape index (κ1) is 21.9. The van der Waals surface area contributed by atoms with Gasteiger partial charge in [0.2, 0.25) is 5.91 Å². The van der Waals surface area contributed by atoms with Crippen LogP contribution in [-0.2, 0) is 9.53 Å². The number of benzene rings is 1. The molecule has 2 aliphatic heterocycles. The number of anilines is 1. The maximum absolute atomic E-state index is 13.0. The third-order valence-corrected chi connectivity index (χ3v) is 5.64. The number of likely N-dealkylation sites (tertiary alicyclic amines) is 1. The molecule has 2 fully saturated rings. The van der Waals surface area contributed by atoms with Crippen molar-refractivity contribution in [3.05, 3.63) is 29.8 Å². The Bertz CT molecular complexity index is 786. The molecule has 30 heavy (non-hydrogen) atoms. The van der Waals surface area contributed by atoms with Crippen LogP contribution in [0.15, 0.2) is 24.3 Å². The minimum absolute atomic E-state index is 0.0719. The average molecular weight is 413 g/mol. The van der Waals surface area contributed by atoms with E-state index < -0.39 is 17.7 Å². The van der Waals surface area contributed by atoms with Crippen LogP contribution < -0.4 is 10.2 Å². The SMILES string of the molecule is CC(C)(C)OC(=O)N1CCCC[C@@H]1C(=O)NC1CCN(c2ccc(C#N)cc2)CC1. The fourth-order valence-electron chi connectivity index (χ4n) is 4.07. The van der Waals surface area contributed by atoms with E-state index in [0.717, 1.165) is 44.5 Å². The fourth-order valence-corrected chi connectivity index (χ4v) is 4.07. The highest BCUT2D eigenvalue weighted by Crippen LogP contribution is 2.23. The number of hydrogen-bond donors (Lipinski definition) is 1. The van der Waals surface area contributed by atoms with Gasteiger partial charge in [0.05, 0.1) is 11.6 Å². The Balaban J connectivity index is 1.53. The number of rotatable bonds is 3. The zero-order valence-electron chi connectivity index (χ0n) is 18.2. The summed E-state index contributed by atoms with van der Waals surface area (Å²) < 4.78 is 5.51. The normalized spacial score (nSPS) is 20.4. The molecule has 3 rings (SSSR count). The second kappa shape index (κ2) is 9.38. The maximum atomic E-state index is 13.0. The molecule has 1 aromatic rings. The lowest BCUT2D eigenvalue weighted by atomic mass is 9.99. The summed E-state index contributed by atoms with van der Waals surface area (Å²) in [6.07, 6.45) is 3.81. The fraction of sp³-hybridized carbons (Fsp3) is 0.609. The van der Waals surface area contributed by atoms with Crippen molar-refractivity contribution in [3.63, 3.8) is 0 Å². The van der Waals surface area contributed by atoms with Gasteiger partial charge in [0.1, 0.15) is 11.6 Å². The van der Waals surface area contributed by atoms with Gasteiger partial charge in [0, 0.05) is 31.4 Å². The Morgan fingerprint density at radius 2 is 1.73 bits per heavy atom. The van der Waals surface area contributed by atoms with Gasteiger partial charge in [-0.2, -0.15) is 5.26 Å². The van der Waals surface area contributed by atoms with E-state index in [-0.39, 0.29) is 11.9 Å². The Morgan fingerprint density at radius 1 is 1.07 bits per heavy atom. The first-order valence-corrected chi connectivity index (χ1v) is 10.8. The van der Waals surface area contributed by atoms with Gasteiger partial charge in [-0.15, -0.1) is 0 Å².